The van der Waals surface area contributed by atoms with Crippen LogP contribution in [0.3, 0.4) is 0 Å². The van der Waals surface area contributed by atoms with Crippen molar-refractivity contribution in [1.82, 2.24) is 0 Å². The Kier molecular flexibility index (Phi) is 3.10. The second-order valence-corrected chi connectivity index (χ2v) is 3.74. The molecule has 0 aliphatic rings. The summed E-state index contributed by atoms with van der Waals surface area (Å²) in [6, 6.07) is 11.2. The van der Waals surface area contributed by atoms with E-state index in [1.165, 1.54) is 0 Å². The Labute approximate surface area is 99.0 Å². The van der Waals surface area contributed by atoms with E-state index in [0.29, 0.717) is 5.57 Å². The largest absolute Gasteiger partial charge is 0.478 e. The lowest BCUT2D eigenvalue weighted by Crippen LogP contribution is -1.95. The number of hydrogen-bond donors (Lipinski definition) is 1. The molecule has 3 nitrogen and oxygen atoms in total. The van der Waals surface area contributed by atoms with Crippen molar-refractivity contribution in [2.45, 2.75) is 6.92 Å². The Bertz CT molecular complexity index is 551. The number of carbonyl (C=O) groups is 1. The molecule has 0 spiro atoms. The van der Waals surface area contributed by atoms with E-state index in [1.54, 1.807) is 19.3 Å². The maximum absolute atomic E-state index is 10.7. The Morgan fingerprint density at radius 1 is 1.29 bits per heavy atom. The first-order valence-corrected chi connectivity index (χ1v) is 5.22. The third-order valence-electron chi connectivity index (χ3n) is 2.41. The minimum atomic E-state index is -0.909. The molecule has 86 valence electrons. The summed E-state index contributed by atoms with van der Waals surface area (Å²) in [6.07, 6.45) is 3.25. The highest BCUT2D eigenvalue weighted by molar-refractivity contribution is 5.91. The molecule has 0 radical (unpaired) electrons. The summed E-state index contributed by atoms with van der Waals surface area (Å²) in [5, 5.41) is 8.81. The number of carboxylic acid groups (broad SMARTS) is 1. The smallest absolute Gasteiger partial charge is 0.331 e. The van der Waals surface area contributed by atoms with E-state index in [0.717, 1.165) is 16.9 Å². The number of rotatable bonds is 3. The van der Waals surface area contributed by atoms with Gasteiger partial charge in [-0.1, -0.05) is 18.2 Å². The molecule has 0 bridgehead atoms. The Morgan fingerprint density at radius 2 is 2.12 bits per heavy atom. The van der Waals surface area contributed by atoms with Crippen molar-refractivity contribution in [2.24, 2.45) is 0 Å². The van der Waals surface area contributed by atoms with E-state index in [4.69, 9.17) is 9.52 Å². The van der Waals surface area contributed by atoms with Crippen LogP contribution in [0.2, 0.25) is 0 Å². The second kappa shape index (κ2) is 4.70. The lowest BCUT2D eigenvalue weighted by Gasteiger charge is -2.00. The van der Waals surface area contributed by atoms with Crippen LogP contribution in [0.1, 0.15) is 12.5 Å². The van der Waals surface area contributed by atoms with Crippen molar-refractivity contribution < 1.29 is 14.3 Å². The number of furan rings is 1. The fraction of sp³-hybridized carbons (Fsp3) is 0.0714. The van der Waals surface area contributed by atoms with Gasteiger partial charge in [0.2, 0.25) is 0 Å². The van der Waals surface area contributed by atoms with Crippen molar-refractivity contribution in [3.63, 3.8) is 0 Å². The average Bonchev–Trinajstić information content (AvgIpc) is 2.82. The van der Waals surface area contributed by atoms with E-state index in [1.807, 2.05) is 36.4 Å². The molecule has 1 aromatic heterocycles. The predicted octanol–water partition coefficient (Wildman–Crippen LogP) is 3.43. The SMILES string of the molecule is C/C(=C\c1cccc(-c2ccco2)c1)C(=O)O. The third kappa shape index (κ3) is 2.64. The fourth-order valence-corrected chi connectivity index (χ4v) is 1.54. The highest BCUT2D eigenvalue weighted by Crippen LogP contribution is 2.21. The summed E-state index contributed by atoms with van der Waals surface area (Å²) in [7, 11) is 0. The minimum Gasteiger partial charge on any atom is -0.478 e. The molecule has 2 rings (SSSR count). The van der Waals surface area contributed by atoms with Crippen LogP contribution in [-0.2, 0) is 4.79 Å². The average molecular weight is 228 g/mol. The molecular formula is C14H12O3. The first-order chi connectivity index (χ1) is 8.16. The van der Waals surface area contributed by atoms with Crippen LogP contribution >= 0.6 is 0 Å². The monoisotopic (exact) mass is 228 g/mol. The van der Waals surface area contributed by atoms with Crippen molar-refractivity contribution in [1.29, 1.82) is 0 Å². The van der Waals surface area contributed by atoms with E-state index in [-0.39, 0.29) is 0 Å². The standard InChI is InChI=1S/C14H12O3/c1-10(14(15)16)8-11-4-2-5-12(9-11)13-6-3-7-17-13/h2-9H,1H3,(H,15,16)/b10-8+. The van der Waals surface area contributed by atoms with Gasteiger partial charge in [0.05, 0.1) is 6.26 Å². The highest BCUT2D eigenvalue weighted by atomic mass is 16.4. The lowest BCUT2D eigenvalue weighted by molar-refractivity contribution is -0.132. The van der Waals surface area contributed by atoms with Crippen LogP contribution < -0.4 is 0 Å². The zero-order chi connectivity index (χ0) is 12.3. The molecule has 0 fully saturated rings. The number of aliphatic carboxylic acids is 1. The van der Waals surface area contributed by atoms with Gasteiger partial charge >= 0.3 is 5.97 Å². The number of hydrogen-bond acceptors (Lipinski definition) is 2. The van der Waals surface area contributed by atoms with Gasteiger partial charge in [-0.25, -0.2) is 4.79 Å². The maximum atomic E-state index is 10.7. The van der Waals surface area contributed by atoms with Gasteiger partial charge in [-0.2, -0.15) is 0 Å². The van der Waals surface area contributed by atoms with Gasteiger partial charge in [0.25, 0.3) is 0 Å². The zero-order valence-electron chi connectivity index (χ0n) is 9.38. The number of benzene rings is 1. The molecule has 1 aromatic carbocycles. The Hall–Kier alpha value is -2.29. The molecule has 3 heteroatoms. The predicted molar refractivity (Wildman–Crippen MR) is 65.4 cm³/mol. The molecule has 17 heavy (non-hydrogen) atoms. The molecule has 2 aromatic rings. The summed E-state index contributed by atoms with van der Waals surface area (Å²) >= 11 is 0. The normalized spacial score (nSPS) is 11.5. The molecule has 0 unspecified atom stereocenters. The molecule has 1 heterocycles. The lowest BCUT2D eigenvalue weighted by atomic mass is 10.1. The van der Waals surface area contributed by atoms with Crippen molar-refractivity contribution in [2.75, 3.05) is 0 Å². The molecular weight excluding hydrogens is 216 g/mol. The Morgan fingerprint density at radius 3 is 2.76 bits per heavy atom. The van der Waals surface area contributed by atoms with Crippen molar-refractivity contribution in [3.8, 4) is 11.3 Å². The van der Waals surface area contributed by atoms with Crippen molar-refractivity contribution >= 4 is 12.0 Å². The van der Waals surface area contributed by atoms with Crippen LogP contribution in [0.15, 0.2) is 52.7 Å². The molecule has 0 aliphatic carbocycles. The fourth-order valence-electron chi connectivity index (χ4n) is 1.54. The number of carboxylic acids is 1. The van der Waals surface area contributed by atoms with E-state index >= 15 is 0 Å². The first-order valence-electron chi connectivity index (χ1n) is 5.22. The molecule has 0 atom stereocenters. The minimum absolute atomic E-state index is 0.307. The summed E-state index contributed by atoms with van der Waals surface area (Å²) in [6.45, 7) is 1.57. The van der Waals surface area contributed by atoms with Gasteiger partial charge in [0.1, 0.15) is 5.76 Å². The second-order valence-electron chi connectivity index (χ2n) is 3.74. The zero-order valence-corrected chi connectivity index (χ0v) is 9.38. The van der Waals surface area contributed by atoms with Crippen LogP contribution in [0.25, 0.3) is 17.4 Å². The summed E-state index contributed by atoms with van der Waals surface area (Å²) in [5.74, 6) is -0.137. The van der Waals surface area contributed by atoms with Crippen LogP contribution in [0.4, 0.5) is 0 Å². The first kappa shape index (κ1) is 11.2. The Balaban J connectivity index is 2.36. The van der Waals surface area contributed by atoms with Gasteiger partial charge in [-0.05, 0) is 36.8 Å². The quantitative estimate of drug-likeness (QED) is 0.819. The van der Waals surface area contributed by atoms with Gasteiger partial charge in [0, 0.05) is 11.1 Å². The van der Waals surface area contributed by atoms with E-state index in [2.05, 4.69) is 0 Å². The van der Waals surface area contributed by atoms with E-state index in [9.17, 15) is 4.79 Å². The van der Waals surface area contributed by atoms with Crippen LogP contribution in [0.5, 0.6) is 0 Å². The molecule has 0 amide bonds. The van der Waals surface area contributed by atoms with Gasteiger partial charge in [0.15, 0.2) is 0 Å². The highest BCUT2D eigenvalue weighted by Gasteiger charge is 2.03. The molecule has 0 saturated carbocycles. The van der Waals surface area contributed by atoms with Crippen LogP contribution in [0, 0.1) is 0 Å². The topological polar surface area (TPSA) is 50.4 Å². The van der Waals surface area contributed by atoms with Gasteiger partial charge in [-0.3, -0.25) is 0 Å². The maximum Gasteiger partial charge on any atom is 0.331 e. The summed E-state index contributed by atoms with van der Waals surface area (Å²) in [4.78, 5) is 10.7. The molecule has 1 N–H and O–H groups in total. The molecule has 0 saturated heterocycles. The van der Waals surface area contributed by atoms with Crippen LogP contribution in [-0.4, -0.2) is 11.1 Å². The summed E-state index contributed by atoms with van der Waals surface area (Å²) in [5.41, 5.74) is 2.09. The molecule has 0 aliphatic heterocycles. The van der Waals surface area contributed by atoms with Crippen molar-refractivity contribution in [3.05, 3.63) is 53.8 Å². The van der Waals surface area contributed by atoms with Gasteiger partial charge in [-0.15, -0.1) is 0 Å². The van der Waals surface area contributed by atoms with E-state index < -0.39 is 5.97 Å². The van der Waals surface area contributed by atoms with Gasteiger partial charge < -0.3 is 9.52 Å². The third-order valence-corrected chi connectivity index (χ3v) is 2.41. The summed E-state index contributed by atoms with van der Waals surface area (Å²) < 4.78 is 5.29.